The van der Waals surface area contributed by atoms with Crippen molar-refractivity contribution in [1.82, 2.24) is 0 Å². The van der Waals surface area contributed by atoms with Crippen LogP contribution in [0.25, 0.3) is 0 Å². The van der Waals surface area contributed by atoms with E-state index in [1.807, 2.05) is 6.07 Å². The van der Waals surface area contributed by atoms with E-state index in [0.717, 1.165) is 6.54 Å². The fourth-order valence-electron chi connectivity index (χ4n) is 1.68. The Morgan fingerprint density at radius 1 is 1.47 bits per heavy atom. The standard InChI is InChI=1S/C12H13FN2/c13-11-6-10(7-14)4-5-12(11)15-8-9-2-1-3-9/h4-6,9,15H,1-3,8H2. The quantitative estimate of drug-likeness (QED) is 0.821. The number of hydrogen-bond donors (Lipinski definition) is 1. The molecule has 1 aromatic rings. The third-order valence-electron chi connectivity index (χ3n) is 2.90. The van der Waals surface area contributed by atoms with Gasteiger partial charge in [0.05, 0.1) is 17.3 Å². The van der Waals surface area contributed by atoms with E-state index in [1.165, 1.54) is 25.3 Å². The van der Waals surface area contributed by atoms with Crippen LogP contribution in [-0.4, -0.2) is 6.54 Å². The van der Waals surface area contributed by atoms with Gasteiger partial charge in [0.15, 0.2) is 0 Å². The highest BCUT2D eigenvalue weighted by Crippen LogP contribution is 2.27. The van der Waals surface area contributed by atoms with Gasteiger partial charge in [-0.05, 0) is 37.0 Å². The monoisotopic (exact) mass is 204 g/mol. The van der Waals surface area contributed by atoms with E-state index >= 15 is 0 Å². The average molecular weight is 204 g/mol. The summed E-state index contributed by atoms with van der Waals surface area (Å²) in [4.78, 5) is 0. The average Bonchev–Trinajstić information content (AvgIpc) is 2.18. The van der Waals surface area contributed by atoms with Crippen molar-refractivity contribution in [3.05, 3.63) is 29.6 Å². The molecule has 0 unspecified atom stereocenters. The summed E-state index contributed by atoms with van der Waals surface area (Å²) < 4.78 is 13.4. The summed E-state index contributed by atoms with van der Waals surface area (Å²) in [7, 11) is 0. The molecule has 0 radical (unpaired) electrons. The van der Waals surface area contributed by atoms with Crippen molar-refractivity contribution in [3.8, 4) is 6.07 Å². The SMILES string of the molecule is N#Cc1ccc(NCC2CCC2)c(F)c1. The van der Waals surface area contributed by atoms with E-state index in [9.17, 15) is 4.39 Å². The normalized spacial score (nSPS) is 15.5. The second kappa shape index (κ2) is 4.31. The van der Waals surface area contributed by atoms with Crippen molar-refractivity contribution in [3.63, 3.8) is 0 Å². The van der Waals surface area contributed by atoms with Gasteiger partial charge in [-0.1, -0.05) is 6.42 Å². The van der Waals surface area contributed by atoms with Crippen LogP contribution in [0.2, 0.25) is 0 Å². The van der Waals surface area contributed by atoms with Crippen LogP contribution >= 0.6 is 0 Å². The van der Waals surface area contributed by atoms with Crippen LogP contribution < -0.4 is 5.32 Å². The summed E-state index contributed by atoms with van der Waals surface area (Å²) in [5.41, 5.74) is 0.864. The van der Waals surface area contributed by atoms with Crippen LogP contribution in [0.3, 0.4) is 0 Å². The first-order valence-corrected chi connectivity index (χ1v) is 5.23. The van der Waals surface area contributed by atoms with Crippen LogP contribution in [0.1, 0.15) is 24.8 Å². The van der Waals surface area contributed by atoms with Gasteiger partial charge in [-0.3, -0.25) is 0 Å². The smallest absolute Gasteiger partial charge is 0.147 e. The third-order valence-corrected chi connectivity index (χ3v) is 2.90. The maximum Gasteiger partial charge on any atom is 0.147 e. The number of nitriles is 1. The lowest BCUT2D eigenvalue weighted by Gasteiger charge is -2.25. The van der Waals surface area contributed by atoms with Gasteiger partial charge in [0.1, 0.15) is 5.82 Å². The molecule has 0 aromatic heterocycles. The summed E-state index contributed by atoms with van der Waals surface area (Å²) in [5.74, 6) is 0.355. The summed E-state index contributed by atoms with van der Waals surface area (Å²) in [5, 5.41) is 11.7. The molecule has 0 aliphatic heterocycles. The van der Waals surface area contributed by atoms with Crippen molar-refractivity contribution in [2.75, 3.05) is 11.9 Å². The van der Waals surface area contributed by atoms with Gasteiger partial charge in [-0.2, -0.15) is 5.26 Å². The van der Waals surface area contributed by atoms with Crippen LogP contribution in [0.15, 0.2) is 18.2 Å². The van der Waals surface area contributed by atoms with Gasteiger partial charge in [0.25, 0.3) is 0 Å². The molecule has 0 heterocycles. The number of nitrogens with zero attached hydrogens (tertiary/aromatic N) is 1. The molecule has 15 heavy (non-hydrogen) atoms. The number of anilines is 1. The molecule has 0 amide bonds. The fourth-order valence-corrected chi connectivity index (χ4v) is 1.68. The number of benzene rings is 1. The molecule has 1 aliphatic carbocycles. The molecule has 0 saturated heterocycles. The Bertz CT molecular complexity index is 391. The molecule has 1 N–H and O–H groups in total. The zero-order chi connectivity index (χ0) is 10.7. The number of rotatable bonds is 3. The predicted molar refractivity (Wildman–Crippen MR) is 56.9 cm³/mol. The van der Waals surface area contributed by atoms with Gasteiger partial charge in [-0.25, -0.2) is 4.39 Å². The van der Waals surface area contributed by atoms with E-state index in [-0.39, 0.29) is 5.82 Å². The van der Waals surface area contributed by atoms with Gasteiger partial charge >= 0.3 is 0 Å². The lowest BCUT2D eigenvalue weighted by Crippen LogP contribution is -2.21. The minimum atomic E-state index is -0.339. The Balaban J connectivity index is 1.98. The molecular formula is C12H13FN2. The molecule has 1 saturated carbocycles. The Morgan fingerprint density at radius 2 is 2.27 bits per heavy atom. The Hall–Kier alpha value is -1.56. The van der Waals surface area contributed by atoms with Gasteiger partial charge in [-0.15, -0.1) is 0 Å². The molecule has 1 aromatic carbocycles. The first-order chi connectivity index (χ1) is 7.29. The zero-order valence-electron chi connectivity index (χ0n) is 8.46. The highest BCUT2D eigenvalue weighted by molar-refractivity contribution is 5.48. The largest absolute Gasteiger partial charge is 0.382 e. The molecule has 1 fully saturated rings. The lowest BCUT2D eigenvalue weighted by atomic mass is 9.85. The summed E-state index contributed by atoms with van der Waals surface area (Å²) in [6.07, 6.45) is 3.78. The molecule has 78 valence electrons. The van der Waals surface area contributed by atoms with Crippen molar-refractivity contribution in [2.24, 2.45) is 5.92 Å². The van der Waals surface area contributed by atoms with Crippen LogP contribution in [0, 0.1) is 23.1 Å². The van der Waals surface area contributed by atoms with Crippen LogP contribution in [0.4, 0.5) is 10.1 Å². The van der Waals surface area contributed by atoms with Gasteiger partial charge < -0.3 is 5.32 Å². The van der Waals surface area contributed by atoms with Crippen molar-refractivity contribution < 1.29 is 4.39 Å². The minimum absolute atomic E-state index is 0.339. The second-order valence-electron chi connectivity index (χ2n) is 3.98. The number of nitrogens with one attached hydrogen (secondary N) is 1. The summed E-state index contributed by atoms with van der Waals surface area (Å²) >= 11 is 0. The van der Waals surface area contributed by atoms with Crippen LogP contribution in [0.5, 0.6) is 0 Å². The van der Waals surface area contributed by atoms with Gasteiger partial charge in [0, 0.05) is 6.54 Å². The Kier molecular flexibility index (Phi) is 2.86. The maximum atomic E-state index is 13.4. The third kappa shape index (κ3) is 2.27. The Labute approximate surface area is 88.7 Å². The first-order valence-electron chi connectivity index (χ1n) is 5.23. The van der Waals surface area contributed by atoms with Gasteiger partial charge in [0.2, 0.25) is 0 Å². The zero-order valence-corrected chi connectivity index (χ0v) is 8.46. The Morgan fingerprint density at radius 3 is 2.80 bits per heavy atom. The molecule has 2 nitrogen and oxygen atoms in total. The van der Waals surface area contributed by atoms with Crippen molar-refractivity contribution in [1.29, 1.82) is 5.26 Å². The highest BCUT2D eigenvalue weighted by atomic mass is 19.1. The topological polar surface area (TPSA) is 35.8 Å². The second-order valence-corrected chi connectivity index (χ2v) is 3.98. The van der Waals surface area contributed by atoms with E-state index in [0.29, 0.717) is 17.2 Å². The fraction of sp³-hybridized carbons (Fsp3) is 0.417. The van der Waals surface area contributed by atoms with E-state index in [2.05, 4.69) is 5.32 Å². The number of halogens is 1. The molecule has 1 aliphatic rings. The molecule has 3 heteroatoms. The van der Waals surface area contributed by atoms with E-state index in [4.69, 9.17) is 5.26 Å². The number of hydrogen-bond acceptors (Lipinski definition) is 2. The minimum Gasteiger partial charge on any atom is -0.382 e. The van der Waals surface area contributed by atoms with Crippen molar-refractivity contribution in [2.45, 2.75) is 19.3 Å². The molecule has 0 atom stereocenters. The molecule has 0 bridgehead atoms. The summed E-state index contributed by atoms with van der Waals surface area (Å²) in [6.45, 7) is 0.836. The molecule has 2 rings (SSSR count). The summed E-state index contributed by atoms with van der Waals surface area (Å²) in [6, 6.07) is 6.44. The van der Waals surface area contributed by atoms with Crippen LogP contribution in [-0.2, 0) is 0 Å². The van der Waals surface area contributed by atoms with E-state index < -0.39 is 0 Å². The lowest BCUT2D eigenvalue weighted by molar-refractivity contribution is 0.333. The highest BCUT2D eigenvalue weighted by Gasteiger charge is 2.17. The maximum absolute atomic E-state index is 13.4. The predicted octanol–water partition coefficient (Wildman–Crippen LogP) is 2.91. The van der Waals surface area contributed by atoms with E-state index in [1.54, 1.807) is 12.1 Å². The molecular weight excluding hydrogens is 191 g/mol. The first kappa shape index (κ1) is 9.97. The van der Waals surface area contributed by atoms with Crippen molar-refractivity contribution >= 4 is 5.69 Å². The molecule has 0 spiro atoms.